The molecule has 0 spiro atoms. The maximum atomic E-state index is 5.31. The Hall–Kier alpha value is 1.46. The predicted molar refractivity (Wildman–Crippen MR) is 65.2 cm³/mol. The van der Waals surface area contributed by atoms with Crippen LogP contribution in [-0.2, 0) is 0 Å². The minimum Gasteiger partial charge on any atom is -0.0924 e. The molecule has 0 rings (SSSR count). The SMILES string of the molecule is Cl/C=C\SSCSS/C=C\Cl. The smallest absolute Gasteiger partial charge is 0.0606 e. The van der Waals surface area contributed by atoms with E-state index in [1.165, 1.54) is 11.1 Å². The summed E-state index contributed by atoms with van der Waals surface area (Å²) in [4.78, 5) is 0. The van der Waals surface area contributed by atoms with Crippen molar-refractivity contribution in [3.8, 4) is 0 Å². The molecule has 0 amide bonds. The summed E-state index contributed by atoms with van der Waals surface area (Å²) in [7, 11) is 6.73. The summed E-state index contributed by atoms with van der Waals surface area (Å²) in [6, 6.07) is 0. The molecule has 0 aliphatic rings. The van der Waals surface area contributed by atoms with Crippen molar-refractivity contribution in [1.29, 1.82) is 0 Å². The topological polar surface area (TPSA) is 0 Å². The van der Waals surface area contributed by atoms with Crippen molar-refractivity contribution in [1.82, 2.24) is 0 Å². The second kappa shape index (κ2) is 11.5. The van der Waals surface area contributed by atoms with Gasteiger partial charge in [0.1, 0.15) is 0 Å². The van der Waals surface area contributed by atoms with E-state index in [2.05, 4.69) is 0 Å². The van der Waals surface area contributed by atoms with Gasteiger partial charge in [0.25, 0.3) is 0 Å². The van der Waals surface area contributed by atoms with Crippen molar-refractivity contribution in [2.75, 3.05) is 5.08 Å². The van der Waals surface area contributed by atoms with Crippen molar-refractivity contribution in [2.45, 2.75) is 0 Å². The van der Waals surface area contributed by atoms with E-state index in [1.807, 2.05) is 10.8 Å². The van der Waals surface area contributed by atoms with Gasteiger partial charge < -0.3 is 0 Å². The molecule has 0 heterocycles. The van der Waals surface area contributed by atoms with Gasteiger partial charge in [-0.15, -0.1) is 0 Å². The molecular weight excluding hydrogens is 259 g/mol. The Bertz CT molecular complexity index is 112. The lowest BCUT2D eigenvalue weighted by atomic mass is 11.3. The fourth-order valence-electron chi connectivity index (χ4n) is 0.196. The largest absolute Gasteiger partial charge is 0.0924 e. The van der Waals surface area contributed by atoms with Crippen LogP contribution in [-0.4, -0.2) is 5.08 Å². The standard InChI is InChI=1S/C5H6Cl2S4/c6-1-3-8-10-5-11-9-4-2-7/h1-4H,5H2/b3-1-,4-2-. The summed E-state index contributed by atoms with van der Waals surface area (Å²) >= 11 is 10.6. The van der Waals surface area contributed by atoms with Crippen molar-refractivity contribution in [2.24, 2.45) is 0 Å². The molecule has 0 aliphatic carbocycles. The molecule has 0 nitrogen and oxygen atoms in total. The van der Waals surface area contributed by atoms with Gasteiger partial charge in [0.05, 0.1) is 5.08 Å². The fourth-order valence-corrected chi connectivity index (χ4v) is 4.93. The molecule has 0 saturated heterocycles. The van der Waals surface area contributed by atoms with Crippen LogP contribution in [0.1, 0.15) is 0 Å². The maximum Gasteiger partial charge on any atom is 0.0606 e. The van der Waals surface area contributed by atoms with E-state index in [1.54, 1.807) is 43.2 Å². The van der Waals surface area contributed by atoms with Crippen molar-refractivity contribution in [3.63, 3.8) is 0 Å². The second-order valence-corrected chi connectivity index (χ2v) is 6.49. The normalized spacial score (nSPS) is 11.8. The highest BCUT2D eigenvalue weighted by Crippen LogP contribution is 2.33. The highest BCUT2D eigenvalue weighted by molar-refractivity contribution is 8.86. The minimum absolute atomic E-state index is 1.01. The number of hydrogen-bond acceptors (Lipinski definition) is 4. The molecule has 0 atom stereocenters. The summed E-state index contributed by atoms with van der Waals surface area (Å²) in [5.74, 6) is 0. The van der Waals surface area contributed by atoms with E-state index < -0.39 is 0 Å². The van der Waals surface area contributed by atoms with Crippen LogP contribution in [0, 0.1) is 0 Å². The van der Waals surface area contributed by atoms with Crippen LogP contribution in [0.15, 0.2) is 21.9 Å². The lowest BCUT2D eigenvalue weighted by Gasteiger charge is -1.92. The van der Waals surface area contributed by atoms with Gasteiger partial charge in [0.2, 0.25) is 0 Å². The van der Waals surface area contributed by atoms with Gasteiger partial charge in [0, 0.05) is 11.1 Å². The maximum absolute atomic E-state index is 5.31. The third kappa shape index (κ3) is 11.5. The monoisotopic (exact) mass is 264 g/mol. The average Bonchev–Trinajstić information content (AvgIpc) is 2.03. The third-order valence-electron chi connectivity index (χ3n) is 0.446. The predicted octanol–water partition coefficient (Wildman–Crippen LogP) is 5.13. The van der Waals surface area contributed by atoms with Crippen LogP contribution in [0.4, 0.5) is 0 Å². The Morgan fingerprint density at radius 3 is 1.73 bits per heavy atom. The molecule has 0 radical (unpaired) electrons. The van der Waals surface area contributed by atoms with Crippen LogP contribution >= 0.6 is 66.4 Å². The lowest BCUT2D eigenvalue weighted by molar-refractivity contribution is 2.35. The van der Waals surface area contributed by atoms with E-state index in [4.69, 9.17) is 23.2 Å². The molecule has 0 aromatic heterocycles. The van der Waals surface area contributed by atoms with Crippen LogP contribution in [0.2, 0.25) is 0 Å². The minimum atomic E-state index is 1.01. The first-order chi connectivity index (χ1) is 5.41. The van der Waals surface area contributed by atoms with Gasteiger partial charge in [-0.1, -0.05) is 66.4 Å². The summed E-state index contributed by atoms with van der Waals surface area (Å²) in [6.07, 6.45) is 0. The molecule has 0 aliphatic heterocycles. The molecule has 0 aromatic carbocycles. The number of halogens is 2. The van der Waals surface area contributed by atoms with E-state index in [9.17, 15) is 0 Å². The first-order valence-electron chi connectivity index (χ1n) is 2.49. The zero-order chi connectivity index (χ0) is 8.36. The molecule has 0 bridgehead atoms. The van der Waals surface area contributed by atoms with E-state index in [-0.39, 0.29) is 0 Å². The molecule has 64 valence electrons. The van der Waals surface area contributed by atoms with Gasteiger partial charge in [-0.3, -0.25) is 0 Å². The average molecular weight is 265 g/mol. The molecule has 0 unspecified atom stereocenters. The summed E-state index contributed by atoms with van der Waals surface area (Å²) in [5, 5.41) is 4.70. The molecule has 11 heavy (non-hydrogen) atoms. The van der Waals surface area contributed by atoms with Crippen molar-refractivity contribution in [3.05, 3.63) is 21.9 Å². The Kier molecular flexibility index (Phi) is 13.0. The Balaban J connectivity index is 2.90. The van der Waals surface area contributed by atoms with Crippen molar-refractivity contribution < 1.29 is 0 Å². The van der Waals surface area contributed by atoms with Gasteiger partial charge >= 0.3 is 0 Å². The molecule has 0 aromatic rings. The zero-order valence-corrected chi connectivity index (χ0v) is 10.2. The van der Waals surface area contributed by atoms with Crippen LogP contribution < -0.4 is 0 Å². The van der Waals surface area contributed by atoms with Gasteiger partial charge in [-0.25, -0.2) is 0 Å². The Morgan fingerprint density at radius 2 is 1.36 bits per heavy atom. The van der Waals surface area contributed by atoms with Gasteiger partial charge in [0.15, 0.2) is 0 Å². The van der Waals surface area contributed by atoms with Crippen LogP contribution in [0.5, 0.6) is 0 Å². The molecule has 0 N–H and O–H groups in total. The zero-order valence-electron chi connectivity index (χ0n) is 5.41. The molecule has 6 heteroatoms. The summed E-state index contributed by atoms with van der Waals surface area (Å²) in [5.41, 5.74) is 3.02. The van der Waals surface area contributed by atoms with E-state index in [0.717, 1.165) is 5.08 Å². The summed E-state index contributed by atoms with van der Waals surface area (Å²) in [6.45, 7) is 0. The number of rotatable bonds is 6. The highest BCUT2D eigenvalue weighted by Gasteiger charge is 1.85. The van der Waals surface area contributed by atoms with Crippen molar-refractivity contribution >= 4 is 66.4 Å². The van der Waals surface area contributed by atoms with Gasteiger partial charge in [-0.2, -0.15) is 0 Å². The number of hydrogen-bond donors (Lipinski definition) is 0. The highest BCUT2D eigenvalue weighted by atomic mass is 35.5. The fraction of sp³-hybridized carbons (Fsp3) is 0.200. The Labute approximate surface area is 92.7 Å². The molecule has 0 fully saturated rings. The lowest BCUT2D eigenvalue weighted by Crippen LogP contribution is -1.54. The first kappa shape index (κ1) is 12.5. The quantitative estimate of drug-likeness (QED) is 0.371. The third-order valence-corrected chi connectivity index (χ3v) is 5.75. The molecular formula is C5H6Cl2S4. The van der Waals surface area contributed by atoms with E-state index in [0.29, 0.717) is 0 Å². The summed E-state index contributed by atoms with van der Waals surface area (Å²) < 4.78 is 0. The van der Waals surface area contributed by atoms with E-state index >= 15 is 0 Å². The van der Waals surface area contributed by atoms with Crippen LogP contribution in [0.3, 0.4) is 0 Å². The van der Waals surface area contributed by atoms with Gasteiger partial charge in [-0.05, 0) is 10.8 Å². The first-order valence-corrected chi connectivity index (χ1v) is 8.12. The molecule has 0 saturated carbocycles. The van der Waals surface area contributed by atoms with Crippen LogP contribution in [0.25, 0.3) is 0 Å². The Morgan fingerprint density at radius 1 is 0.909 bits per heavy atom. The second-order valence-electron chi connectivity index (χ2n) is 1.07.